The van der Waals surface area contributed by atoms with E-state index in [0.29, 0.717) is 32.2 Å². The summed E-state index contributed by atoms with van der Waals surface area (Å²) in [6, 6.07) is 2.74. The molecule has 1 amide bonds. The largest absolute Gasteiger partial charge is 0.381 e. The zero-order valence-corrected chi connectivity index (χ0v) is 14.6. The van der Waals surface area contributed by atoms with Gasteiger partial charge in [-0.2, -0.15) is 0 Å². The number of halogens is 2. The van der Waals surface area contributed by atoms with Crippen molar-refractivity contribution in [3.8, 4) is 0 Å². The molecular weight excluding hydrogens is 314 g/mol. The average Bonchev–Trinajstić information content (AvgIpc) is 2.56. The van der Waals surface area contributed by atoms with Crippen LogP contribution in [0.25, 0.3) is 0 Å². The highest BCUT2D eigenvalue weighted by Crippen LogP contribution is 2.28. The minimum atomic E-state index is -0.949. The summed E-state index contributed by atoms with van der Waals surface area (Å²) in [5, 5.41) is 0. The Labute approximate surface area is 142 Å². The van der Waals surface area contributed by atoms with E-state index < -0.39 is 17.7 Å². The topological polar surface area (TPSA) is 32.8 Å². The summed E-state index contributed by atoms with van der Waals surface area (Å²) >= 11 is 0. The number of carbonyl (C=O) groups excluding carboxylic acids is 1. The van der Waals surface area contributed by atoms with Crippen LogP contribution in [0.3, 0.4) is 0 Å². The van der Waals surface area contributed by atoms with E-state index in [4.69, 9.17) is 4.74 Å². The summed E-state index contributed by atoms with van der Waals surface area (Å²) in [6.45, 7) is 4.54. The van der Waals surface area contributed by atoms with Crippen LogP contribution in [0.5, 0.6) is 0 Å². The second-order valence-electron chi connectivity index (χ2n) is 6.43. The maximum Gasteiger partial charge on any atom is 0.244 e. The van der Waals surface area contributed by atoms with Crippen LogP contribution in [0.4, 0.5) is 8.78 Å². The number of benzene rings is 1. The van der Waals surface area contributed by atoms with Gasteiger partial charge in [0.25, 0.3) is 0 Å². The van der Waals surface area contributed by atoms with Crippen molar-refractivity contribution in [2.75, 3.05) is 40.4 Å². The molecule has 4 nitrogen and oxygen atoms in total. The first-order valence-electron chi connectivity index (χ1n) is 8.42. The highest BCUT2D eigenvalue weighted by atomic mass is 19.1. The van der Waals surface area contributed by atoms with Crippen LogP contribution in [0.2, 0.25) is 0 Å². The zero-order valence-electron chi connectivity index (χ0n) is 14.6. The first-order chi connectivity index (χ1) is 11.5. The number of nitrogens with zero attached hydrogens (tertiary/aromatic N) is 2. The van der Waals surface area contributed by atoms with Crippen molar-refractivity contribution in [2.45, 2.75) is 25.8 Å². The molecule has 0 aromatic heterocycles. The molecule has 1 unspecified atom stereocenters. The Morgan fingerprint density at radius 3 is 2.38 bits per heavy atom. The fourth-order valence-electron chi connectivity index (χ4n) is 3.15. The molecule has 2 rings (SSSR count). The zero-order chi connectivity index (χ0) is 17.7. The van der Waals surface area contributed by atoms with Crippen molar-refractivity contribution < 1.29 is 18.3 Å². The summed E-state index contributed by atoms with van der Waals surface area (Å²) < 4.78 is 33.7. The maximum absolute atomic E-state index is 14.1. The minimum absolute atomic E-state index is 0.177. The Bertz CT molecular complexity index is 538. The van der Waals surface area contributed by atoms with Gasteiger partial charge in [-0.15, -0.1) is 0 Å². The monoisotopic (exact) mass is 340 g/mol. The van der Waals surface area contributed by atoms with Gasteiger partial charge in [-0.1, -0.05) is 6.07 Å². The first-order valence-corrected chi connectivity index (χ1v) is 8.42. The van der Waals surface area contributed by atoms with E-state index >= 15 is 0 Å². The molecule has 0 bridgehead atoms. The van der Waals surface area contributed by atoms with Gasteiger partial charge >= 0.3 is 0 Å². The van der Waals surface area contributed by atoms with Gasteiger partial charge in [0.2, 0.25) is 5.91 Å². The van der Waals surface area contributed by atoms with Gasteiger partial charge in [0.1, 0.15) is 17.7 Å². The van der Waals surface area contributed by atoms with Crippen molar-refractivity contribution in [1.29, 1.82) is 0 Å². The van der Waals surface area contributed by atoms with Crippen molar-refractivity contribution in [2.24, 2.45) is 5.92 Å². The number of ether oxygens (including phenoxy) is 1. The van der Waals surface area contributed by atoms with Crippen LogP contribution in [0.1, 0.15) is 31.4 Å². The number of likely N-dealkylation sites (tertiary alicyclic amines) is 1. The Hall–Kier alpha value is -1.53. The molecule has 0 saturated carbocycles. The molecule has 1 aliphatic heterocycles. The van der Waals surface area contributed by atoms with Crippen LogP contribution in [0.15, 0.2) is 18.2 Å². The molecule has 24 heavy (non-hydrogen) atoms. The SMILES string of the molecule is CCOCC1CCN(C(=O)C(c2c(F)cccc2F)N(C)C)CC1. The normalized spacial score (nSPS) is 17.3. The molecular formula is C18H26F2N2O2. The Morgan fingerprint density at radius 2 is 1.88 bits per heavy atom. The lowest BCUT2D eigenvalue weighted by atomic mass is 9.96. The third kappa shape index (κ3) is 4.30. The molecule has 134 valence electrons. The second kappa shape index (κ2) is 8.53. The minimum Gasteiger partial charge on any atom is -0.381 e. The molecule has 1 saturated heterocycles. The van der Waals surface area contributed by atoms with E-state index in [1.165, 1.54) is 18.2 Å². The lowest BCUT2D eigenvalue weighted by Gasteiger charge is -2.36. The molecule has 1 fully saturated rings. The molecule has 1 heterocycles. The van der Waals surface area contributed by atoms with Crippen molar-refractivity contribution in [3.63, 3.8) is 0 Å². The summed E-state index contributed by atoms with van der Waals surface area (Å²) in [4.78, 5) is 16.2. The van der Waals surface area contributed by atoms with Gasteiger partial charge in [0, 0.05) is 26.3 Å². The number of likely N-dealkylation sites (N-methyl/N-ethyl adjacent to an activating group) is 1. The van der Waals surface area contributed by atoms with E-state index in [0.717, 1.165) is 12.8 Å². The van der Waals surface area contributed by atoms with Gasteiger partial charge in [-0.05, 0) is 51.9 Å². The average molecular weight is 340 g/mol. The lowest BCUT2D eigenvalue weighted by molar-refractivity contribution is -0.138. The third-order valence-electron chi connectivity index (χ3n) is 4.51. The molecule has 0 spiro atoms. The number of piperidine rings is 1. The van der Waals surface area contributed by atoms with Crippen LogP contribution < -0.4 is 0 Å². The number of amides is 1. The Kier molecular flexibility index (Phi) is 6.69. The smallest absolute Gasteiger partial charge is 0.244 e. The fourth-order valence-corrected chi connectivity index (χ4v) is 3.15. The van der Waals surface area contributed by atoms with Crippen molar-refractivity contribution in [3.05, 3.63) is 35.4 Å². The molecule has 0 N–H and O–H groups in total. The maximum atomic E-state index is 14.1. The molecule has 1 atom stereocenters. The van der Waals surface area contributed by atoms with E-state index in [1.807, 2.05) is 6.92 Å². The predicted molar refractivity (Wildman–Crippen MR) is 88.6 cm³/mol. The summed E-state index contributed by atoms with van der Waals surface area (Å²) in [5.41, 5.74) is -0.177. The fraction of sp³-hybridized carbons (Fsp3) is 0.611. The van der Waals surface area contributed by atoms with Crippen LogP contribution >= 0.6 is 0 Å². The first kappa shape index (κ1) is 18.8. The summed E-state index contributed by atoms with van der Waals surface area (Å²) in [5.74, 6) is -1.18. The number of rotatable bonds is 6. The van der Waals surface area contributed by atoms with Gasteiger partial charge in [-0.3, -0.25) is 9.69 Å². The molecule has 1 aromatic rings. The standard InChI is InChI=1S/C18H26F2N2O2/c1-4-24-12-13-8-10-22(11-9-13)18(23)17(21(2)3)16-14(19)6-5-7-15(16)20/h5-7,13,17H,4,8-12H2,1-3H3. The van der Waals surface area contributed by atoms with Crippen LogP contribution in [-0.4, -0.2) is 56.1 Å². The highest BCUT2D eigenvalue weighted by molar-refractivity contribution is 5.83. The Balaban J connectivity index is 2.11. The van der Waals surface area contributed by atoms with Crippen LogP contribution in [0, 0.1) is 17.6 Å². The van der Waals surface area contributed by atoms with Crippen molar-refractivity contribution in [1.82, 2.24) is 9.80 Å². The highest BCUT2D eigenvalue weighted by Gasteiger charge is 2.34. The van der Waals surface area contributed by atoms with Gasteiger partial charge < -0.3 is 9.64 Å². The lowest BCUT2D eigenvalue weighted by Crippen LogP contribution is -2.45. The predicted octanol–water partition coefficient (Wildman–Crippen LogP) is 2.84. The van der Waals surface area contributed by atoms with Gasteiger partial charge in [-0.25, -0.2) is 8.78 Å². The molecule has 1 aromatic carbocycles. The van der Waals surface area contributed by atoms with E-state index in [9.17, 15) is 13.6 Å². The number of carbonyl (C=O) groups is 1. The van der Waals surface area contributed by atoms with E-state index in [-0.39, 0.29) is 11.5 Å². The molecule has 1 aliphatic rings. The van der Waals surface area contributed by atoms with E-state index in [2.05, 4.69) is 0 Å². The quantitative estimate of drug-likeness (QED) is 0.798. The van der Waals surface area contributed by atoms with Crippen molar-refractivity contribution >= 4 is 5.91 Å². The molecule has 0 radical (unpaired) electrons. The van der Waals surface area contributed by atoms with E-state index in [1.54, 1.807) is 23.9 Å². The molecule has 0 aliphatic carbocycles. The summed E-state index contributed by atoms with van der Waals surface area (Å²) in [6.07, 6.45) is 1.71. The van der Waals surface area contributed by atoms with Crippen LogP contribution in [-0.2, 0) is 9.53 Å². The Morgan fingerprint density at radius 1 is 1.29 bits per heavy atom. The van der Waals surface area contributed by atoms with Gasteiger partial charge in [0.15, 0.2) is 0 Å². The summed E-state index contributed by atoms with van der Waals surface area (Å²) in [7, 11) is 3.33. The number of hydrogen-bond donors (Lipinski definition) is 0. The number of hydrogen-bond acceptors (Lipinski definition) is 3. The molecule has 6 heteroatoms. The van der Waals surface area contributed by atoms with Gasteiger partial charge in [0.05, 0.1) is 5.56 Å². The third-order valence-corrected chi connectivity index (χ3v) is 4.51. The second-order valence-corrected chi connectivity index (χ2v) is 6.43.